The average molecular weight is 160 g/mol. The van der Waals surface area contributed by atoms with Crippen LogP contribution in [0.5, 0.6) is 0 Å². The number of rotatable bonds is 5. The Kier molecular flexibility index (Phi) is 5.51. The molecule has 0 rings (SSSR count). The van der Waals surface area contributed by atoms with Crippen LogP contribution in [0.1, 0.15) is 40.0 Å². The molecule has 68 valence electrons. The minimum atomic E-state index is -0.554. The number of hydrogen-bond donors (Lipinski definition) is 2. The van der Waals surface area contributed by atoms with Crippen LogP contribution < -0.4 is 0 Å². The maximum atomic E-state index is 9.37. The van der Waals surface area contributed by atoms with E-state index < -0.39 is 12.2 Å². The van der Waals surface area contributed by atoms with Gasteiger partial charge < -0.3 is 10.2 Å². The van der Waals surface area contributed by atoms with Gasteiger partial charge in [0.05, 0.1) is 12.2 Å². The van der Waals surface area contributed by atoms with Crippen LogP contribution in [0.3, 0.4) is 0 Å². The molecule has 0 unspecified atom stereocenters. The summed E-state index contributed by atoms with van der Waals surface area (Å²) < 4.78 is 0. The largest absolute Gasteiger partial charge is 0.390 e. The van der Waals surface area contributed by atoms with E-state index in [1.54, 1.807) is 0 Å². The van der Waals surface area contributed by atoms with Crippen LogP contribution in [-0.2, 0) is 0 Å². The average Bonchev–Trinajstić information content (AvgIpc) is 1.98. The lowest BCUT2D eigenvalue weighted by atomic mass is 9.98. The lowest BCUT2D eigenvalue weighted by molar-refractivity contribution is -0.0130. The van der Waals surface area contributed by atoms with Crippen LogP contribution in [0.2, 0.25) is 0 Å². The van der Waals surface area contributed by atoms with Gasteiger partial charge in [0, 0.05) is 0 Å². The van der Waals surface area contributed by atoms with Gasteiger partial charge in [0.25, 0.3) is 0 Å². The van der Waals surface area contributed by atoms with Gasteiger partial charge in [-0.3, -0.25) is 0 Å². The molecule has 0 aromatic carbocycles. The normalized spacial score (nSPS) is 16.9. The summed E-state index contributed by atoms with van der Waals surface area (Å²) in [6.45, 7) is 5.91. The third kappa shape index (κ3) is 4.38. The first-order valence-corrected chi connectivity index (χ1v) is 4.45. The highest BCUT2D eigenvalue weighted by Crippen LogP contribution is 2.11. The Morgan fingerprint density at radius 3 is 2.09 bits per heavy atom. The van der Waals surface area contributed by atoms with Gasteiger partial charge in [-0.2, -0.15) is 0 Å². The van der Waals surface area contributed by atoms with E-state index in [1.165, 1.54) is 0 Å². The van der Waals surface area contributed by atoms with Crippen molar-refractivity contribution in [2.45, 2.75) is 52.2 Å². The van der Waals surface area contributed by atoms with Crippen LogP contribution in [0.15, 0.2) is 0 Å². The van der Waals surface area contributed by atoms with E-state index in [1.807, 2.05) is 13.8 Å². The Balaban J connectivity index is 3.55. The smallest absolute Gasteiger partial charge is 0.0821 e. The van der Waals surface area contributed by atoms with Gasteiger partial charge in [-0.05, 0) is 12.3 Å². The maximum Gasteiger partial charge on any atom is 0.0821 e. The molecule has 11 heavy (non-hydrogen) atoms. The second kappa shape index (κ2) is 5.56. The third-order valence-corrected chi connectivity index (χ3v) is 1.93. The van der Waals surface area contributed by atoms with Crippen LogP contribution in [0.25, 0.3) is 0 Å². The molecule has 2 atom stereocenters. The van der Waals surface area contributed by atoms with Crippen LogP contribution >= 0.6 is 0 Å². The van der Waals surface area contributed by atoms with Crippen molar-refractivity contribution >= 4 is 0 Å². The Morgan fingerprint density at radius 1 is 1.18 bits per heavy atom. The van der Waals surface area contributed by atoms with Gasteiger partial charge in [-0.15, -0.1) is 0 Å². The molecule has 0 saturated carbocycles. The van der Waals surface area contributed by atoms with Crippen molar-refractivity contribution < 1.29 is 10.2 Å². The first kappa shape index (κ1) is 10.9. The zero-order valence-corrected chi connectivity index (χ0v) is 7.75. The molecule has 0 spiro atoms. The molecule has 0 aromatic heterocycles. The molecular formula is C9H20O2. The van der Waals surface area contributed by atoms with E-state index in [4.69, 9.17) is 0 Å². The van der Waals surface area contributed by atoms with E-state index in [9.17, 15) is 10.2 Å². The number of aliphatic hydroxyl groups excluding tert-OH is 2. The topological polar surface area (TPSA) is 40.5 Å². The van der Waals surface area contributed by atoms with E-state index >= 15 is 0 Å². The number of unbranched alkanes of at least 4 members (excludes halogenated alkanes) is 1. The zero-order valence-electron chi connectivity index (χ0n) is 7.75. The summed E-state index contributed by atoms with van der Waals surface area (Å²) in [4.78, 5) is 0. The van der Waals surface area contributed by atoms with Crippen molar-refractivity contribution in [2.75, 3.05) is 0 Å². The van der Waals surface area contributed by atoms with Crippen LogP contribution in [0, 0.1) is 5.92 Å². The van der Waals surface area contributed by atoms with Gasteiger partial charge >= 0.3 is 0 Å². The molecule has 0 radical (unpaired) electrons. The molecule has 0 bridgehead atoms. The van der Waals surface area contributed by atoms with Crippen molar-refractivity contribution in [3.05, 3.63) is 0 Å². The van der Waals surface area contributed by atoms with Crippen LogP contribution in [0.4, 0.5) is 0 Å². The fourth-order valence-corrected chi connectivity index (χ4v) is 1.03. The van der Waals surface area contributed by atoms with E-state index in [-0.39, 0.29) is 5.92 Å². The Bertz CT molecular complexity index is 91.6. The predicted molar refractivity (Wildman–Crippen MR) is 46.4 cm³/mol. The highest BCUT2D eigenvalue weighted by Gasteiger charge is 2.18. The minimum absolute atomic E-state index is 0.154. The fourth-order valence-electron chi connectivity index (χ4n) is 1.03. The highest BCUT2D eigenvalue weighted by atomic mass is 16.3. The van der Waals surface area contributed by atoms with E-state index in [2.05, 4.69) is 6.92 Å². The zero-order chi connectivity index (χ0) is 8.85. The van der Waals surface area contributed by atoms with Gasteiger partial charge in [0.1, 0.15) is 0 Å². The molecule has 0 amide bonds. The summed E-state index contributed by atoms with van der Waals surface area (Å²) >= 11 is 0. The predicted octanol–water partition coefficient (Wildman–Crippen LogP) is 1.55. The van der Waals surface area contributed by atoms with Crippen molar-refractivity contribution in [2.24, 2.45) is 5.92 Å². The van der Waals surface area contributed by atoms with Crippen molar-refractivity contribution in [1.29, 1.82) is 0 Å². The van der Waals surface area contributed by atoms with Crippen LogP contribution in [-0.4, -0.2) is 22.4 Å². The molecule has 2 N–H and O–H groups in total. The molecule has 2 nitrogen and oxygen atoms in total. The maximum absolute atomic E-state index is 9.37. The van der Waals surface area contributed by atoms with Gasteiger partial charge in [0.2, 0.25) is 0 Å². The molecule has 0 aliphatic carbocycles. The minimum Gasteiger partial charge on any atom is -0.390 e. The van der Waals surface area contributed by atoms with Gasteiger partial charge in [-0.1, -0.05) is 33.6 Å². The standard InChI is InChI=1S/C9H20O2/c1-4-5-6-8(10)9(11)7(2)3/h7-11H,4-6H2,1-3H3/t8-,9-/m1/s1. The molecule has 0 fully saturated rings. The summed E-state index contributed by atoms with van der Waals surface area (Å²) in [6.07, 6.45) is 1.69. The second-order valence-corrected chi connectivity index (χ2v) is 3.44. The monoisotopic (exact) mass is 160 g/mol. The summed E-state index contributed by atoms with van der Waals surface area (Å²) in [6, 6.07) is 0. The molecular weight excluding hydrogens is 140 g/mol. The first-order valence-electron chi connectivity index (χ1n) is 4.45. The van der Waals surface area contributed by atoms with Gasteiger partial charge in [0.15, 0.2) is 0 Å². The molecule has 0 saturated heterocycles. The Labute approximate surface area is 69.2 Å². The molecule has 0 heterocycles. The Morgan fingerprint density at radius 2 is 1.73 bits per heavy atom. The molecule has 0 aliphatic heterocycles. The SMILES string of the molecule is CCCC[C@@H](O)[C@H](O)C(C)C. The van der Waals surface area contributed by atoms with E-state index in [0.717, 1.165) is 19.3 Å². The lowest BCUT2D eigenvalue weighted by Crippen LogP contribution is -2.30. The molecule has 0 aromatic rings. The van der Waals surface area contributed by atoms with Crippen molar-refractivity contribution in [3.8, 4) is 0 Å². The summed E-state index contributed by atoms with van der Waals surface area (Å²) in [5.74, 6) is 0.154. The van der Waals surface area contributed by atoms with Crippen molar-refractivity contribution in [3.63, 3.8) is 0 Å². The Hall–Kier alpha value is -0.0800. The first-order chi connectivity index (χ1) is 5.09. The third-order valence-electron chi connectivity index (χ3n) is 1.93. The van der Waals surface area contributed by atoms with E-state index in [0.29, 0.717) is 0 Å². The highest BCUT2D eigenvalue weighted by molar-refractivity contribution is 4.69. The molecule has 2 heteroatoms. The lowest BCUT2D eigenvalue weighted by Gasteiger charge is -2.20. The summed E-state index contributed by atoms with van der Waals surface area (Å²) in [5, 5.41) is 18.7. The molecule has 0 aliphatic rings. The van der Waals surface area contributed by atoms with Crippen molar-refractivity contribution in [1.82, 2.24) is 0 Å². The number of aliphatic hydroxyl groups is 2. The summed E-state index contributed by atoms with van der Waals surface area (Å²) in [7, 11) is 0. The second-order valence-electron chi connectivity index (χ2n) is 3.44. The number of hydrogen-bond acceptors (Lipinski definition) is 2. The van der Waals surface area contributed by atoms with Gasteiger partial charge in [-0.25, -0.2) is 0 Å². The fraction of sp³-hybridized carbons (Fsp3) is 1.00. The quantitative estimate of drug-likeness (QED) is 0.640. The summed E-state index contributed by atoms with van der Waals surface area (Å²) in [5.41, 5.74) is 0.